The number of hydrogen-bond donors (Lipinski definition) is 0. The number of alkyl halides is 1. The van der Waals surface area contributed by atoms with Crippen LogP contribution in [-0.4, -0.2) is 31.6 Å². The van der Waals surface area contributed by atoms with Gasteiger partial charge in [-0.05, 0) is 37.4 Å². The lowest BCUT2D eigenvalue weighted by Crippen LogP contribution is -2.47. The van der Waals surface area contributed by atoms with Crippen molar-refractivity contribution in [2.24, 2.45) is 0 Å². The predicted molar refractivity (Wildman–Crippen MR) is 84.5 cm³/mol. The van der Waals surface area contributed by atoms with Crippen molar-refractivity contribution >= 4 is 30.9 Å². The molecule has 17 heavy (non-hydrogen) atoms. The van der Waals surface area contributed by atoms with Gasteiger partial charge in [-0.25, -0.2) is 0 Å². The van der Waals surface area contributed by atoms with Gasteiger partial charge >= 0.3 is 0 Å². The molecule has 0 aliphatic carbocycles. The van der Waals surface area contributed by atoms with Gasteiger partial charge in [-0.3, -0.25) is 0 Å². The molecule has 2 nitrogen and oxygen atoms in total. The molecule has 0 N–H and O–H groups in total. The van der Waals surface area contributed by atoms with Crippen molar-refractivity contribution in [1.82, 2.24) is 0 Å². The highest BCUT2D eigenvalue weighted by atomic mass is 127. The van der Waals surface area contributed by atoms with Crippen molar-refractivity contribution in [2.45, 2.75) is 70.4 Å². The van der Waals surface area contributed by atoms with Crippen LogP contribution in [0.4, 0.5) is 0 Å². The zero-order valence-electron chi connectivity index (χ0n) is 11.9. The van der Waals surface area contributed by atoms with Crippen LogP contribution < -0.4 is 0 Å². The summed E-state index contributed by atoms with van der Waals surface area (Å²) in [5, 5.41) is 0.287. The van der Waals surface area contributed by atoms with Crippen molar-refractivity contribution in [3.05, 3.63) is 0 Å². The van der Waals surface area contributed by atoms with Gasteiger partial charge in [-0.15, -0.1) is 0 Å². The minimum atomic E-state index is -1.66. The molecule has 0 saturated carbocycles. The molecule has 1 saturated heterocycles. The molecule has 0 unspecified atom stereocenters. The van der Waals surface area contributed by atoms with E-state index in [1.165, 1.54) is 19.3 Å². The first-order valence-corrected chi connectivity index (χ1v) is 11.1. The van der Waals surface area contributed by atoms with Crippen LogP contribution in [0, 0.1) is 0 Å². The van der Waals surface area contributed by atoms with E-state index in [-0.39, 0.29) is 5.04 Å². The van der Waals surface area contributed by atoms with Gasteiger partial charge in [0.25, 0.3) is 0 Å². The first-order chi connectivity index (χ1) is 7.78. The molecule has 2 atom stereocenters. The standard InChI is InChI=1S/C13H27IO2Si/c1-13(2,3)17(4,5)16-11-8-6-7-9-15-12(11)10-14/h11-12H,6-10H2,1-5H3/t11-,12+/m0/s1. The van der Waals surface area contributed by atoms with E-state index in [0.29, 0.717) is 12.2 Å². The van der Waals surface area contributed by atoms with Gasteiger partial charge in [0, 0.05) is 11.0 Å². The van der Waals surface area contributed by atoms with Crippen LogP contribution in [0.3, 0.4) is 0 Å². The van der Waals surface area contributed by atoms with Crippen LogP contribution >= 0.6 is 22.6 Å². The molecule has 102 valence electrons. The summed E-state index contributed by atoms with van der Waals surface area (Å²) in [6, 6.07) is 0. The lowest BCUT2D eigenvalue weighted by Gasteiger charge is -2.40. The van der Waals surface area contributed by atoms with E-state index in [0.717, 1.165) is 11.0 Å². The Balaban J connectivity index is 2.69. The zero-order chi connectivity index (χ0) is 13.1. The molecule has 1 rings (SSSR count). The lowest BCUT2D eigenvalue weighted by atomic mass is 10.1. The Bertz CT molecular complexity index is 238. The molecule has 0 aromatic heterocycles. The second-order valence-electron chi connectivity index (χ2n) is 6.48. The molecule has 0 spiro atoms. The molecule has 1 fully saturated rings. The predicted octanol–water partition coefficient (Wildman–Crippen LogP) is 4.38. The second-order valence-corrected chi connectivity index (χ2v) is 12.1. The highest BCUT2D eigenvalue weighted by Crippen LogP contribution is 2.38. The normalized spacial score (nSPS) is 27.9. The third-order valence-corrected chi connectivity index (χ3v) is 9.41. The van der Waals surface area contributed by atoms with E-state index in [1.54, 1.807) is 0 Å². The molecule has 1 heterocycles. The van der Waals surface area contributed by atoms with Gasteiger partial charge in [0.2, 0.25) is 0 Å². The molecule has 4 heteroatoms. The Kier molecular flexibility index (Phi) is 5.94. The SMILES string of the molecule is CC(C)(C)[Si](C)(C)O[C@H]1CCCCO[C@@H]1CI. The van der Waals surface area contributed by atoms with E-state index < -0.39 is 8.32 Å². The number of ether oxygens (including phenoxy) is 1. The summed E-state index contributed by atoms with van der Waals surface area (Å²) < 4.78 is 13.5. The van der Waals surface area contributed by atoms with Crippen molar-refractivity contribution in [3.63, 3.8) is 0 Å². The topological polar surface area (TPSA) is 18.5 Å². The lowest BCUT2D eigenvalue weighted by molar-refractivity contribution is -0.00306. The third kappa shape index (κ3) is 4.47. The fraction of sp³-hybridized carbons (Fsp3) is 1.00. The van der Waals surface area contributed by atoms with Gasteiger partial charge in [0.05, 0.1) is 12.2 Å². The summed E-state index contributed by atoms with van der Waals surface area (Å²) in [6.45, 7) is 12.5. The Hall–Kier alpha value is 0.867. The minimum Gasteiger partial charge on any atom is -0.411 e. The summed E-state index contributed by atoms with van der Waals surface area (Å²) >= 11 is 2.42. The monoisotopic (exact) mass is 370 g/mol. The number of rotatable bonds is 3. The molecule has 0 radical (unpaired) electrons. The highest BCUT2D eigenvalue weighted by molar-refractivity contribution is 14.1. The Morgan fingerprint density at radius 3 is 2.47 bits per heavy atom. The molecule has 0 aromatic carbocycles. The van der Waals surface area contributed by atoms with Gasteiger partial charge < -0.3 is 9.16 Å². The maximum atomic E-state index is 6.54. The van der Waals surface area contributed by atoms with Crippen LogP contribution in [0.1, 0.15) is 40.0 Å². The Morgan fingerprint density at radius 2 is 1.94 bits per heavy atom. The van der Waals surface area contributed by atoms with Gasteiger partial charge in [-0.1, -0.05) is 43.4 Å². The van der Waals surface area contributed by atoms with Gasteiger partial charge in [-0.2, -0.15) is 0 Å². The summed E-state index contributed by atoms with van der Waals surface area (Å²) in [4.78, 5) is 0. The fourth-order valence-corrected chi connectivity index (χ4v) is 4.01. The van der Waals surface area contributed by atoms with E-state index in [1.807, 2.05) is 0 Å². The van der Waals surface area contributed by atoms with E-state index >= 15 is 0 Å². The van der Waals surface area contributed by atoms with Gasteiger partial charge in [0.15, 0.2) is 8.32 Å². The maximum absolute atomic E-state index is 6.54. The average Bonchev–Trinajstić information content (AvgIpc) is 2.40. The van der Waals surface area contributed by atoms with E-state index in [4.69, 9.17) is 9.16 Å². The number of halogens is 1. The molecular weight excluding hydrogens is 343 g/mol. The summed E-state index contributed by atoms with van der Waals surface area (Å²) in [6.07, 6.45) is 4.21. The van der Waals surface area contributed by atoms with Crippen LogP contribution in [0.15, 0.2) is 0 Å². The maximum Gasteiger partial charge on any atom is 0.192 e. The third-order valence-electron chi connectivity index (χ3n) is 4.03. The van der Waals surface area contributed by atoms with Crippen molar-refractivity contribution in [3.8, 4) is 0 Å². The molecule has 0 amide bonds. The molecular formula is C13H27IO2Si. The van der Waals surface area contributed by atoms with Crippen LogP contribution in [0.2, 0.25) is 18.1 Å². The molecule has 0 bridgehead atoms. The summed E-state index contributed by atoms with van der Waals surface area (Å²) in [7, 11) is -1.66. The van der Waals surface area contributed by atoms with Crippen LogP contribution in [0.25, 0.3) is 0 Å². The van der Waals surface area contributed by atoms with Crippen LogP contribution in [0.5, 0.6) is 0 Å². The summed E-state index contributed by atoms with van der Waals surface area (Å²) in [5.41, 5.74) is 0. The first-order valence-electron chi connectivity index (χ1n) is 6.63. The minimum absolute atomic E-state index is 0.287. The highest BCUT2D eigenvalue weighted by Gasteiger charge is 2.41. The average molecular weight is 370 g/mol. The van der Waals surface area contributed by atoms with Crippen LogP contribution in [-0.2, 0) is 9.16 Å². The first kappa shape index (κ1) is 15.9. The van der Waals surface area contributed by atoms with Crippen molar-refractivity contribution < 1.29 is 9.16 Å². The van der Waals surface area contributed by atoms with E-state index in [2.05, 4.69) is 56.5 Å². The number of hydrogen-bond acceptors (Lipinski definition) is 2. The Labute approximate surface area is 121 Å². The summed E-state index contributed by atoms with van der Waals surface area (Å²) in [5.74, 6) is 0. The van der Waals surface area contributed by atoms with Crippen molar-refractivity contribution in [2.75, 3.05) is 11.0 Å². The molecule has 1 aliphatic rings. The van der Waals surface area contributed by atoms with Gasteiger partial charge in [0.1, 0.15) is 0 Å². The zero-order valence-corrected chi connectivity index (χ0v) is 15.0. The molecule has 1 aliphatic heterocycles. The quantitative estimate of drug-likeness (QED) is 0.417. The largest absolute Gasteiger partial charge is 0.411 e. The fourth-order valence-electron chi connectivity index (χ4n) is 1.81. The Morgan fingerprint density at radius 1 is 1.29 bits per heavy atom. The van der Waals surface area contributed by atoms with E-state index in [9.17, 15) is 0 Å². The smallest absolute Gasteiger partial charge is 0.192 e. The second kappa shape index (κ2) is 6.35. The molecule has 0 aromatic rings. The van der Waals surface area contributed by atoms with Crippen molar-refractivity contribution in [1.29, 1.82) is 0 Å².